The first kappa shape index (κ1) is 49.8. The largest absolute Gasteiger partial charge is 0.506 e. The number of ketones is 1. The molecule has 0 saturated carbocycles. The van der Waals surface area contributed by atoms with Crippen molar-refractivity contribution < 1.29 is 54.9 Å². The fourth-order valence-corrected chi connectivity index (χ4v) is 8.52. The molecule has 354 valence electrons. The van der Waals surface area contributed by atoms with Crippen molar-refractivity contribution in [2.24, 2.45) is 5.10 Å². The summed E-state index contributed by atoms with van der Waals surface area (Å²) in [5.74, 6) is -1.14. The van der Waals surface area contributed by atoms with E-state index in [4.69, 9.17) is 9.47 Å². The molecule has 0 fully saturated rings. The quantitative estimate of drug-likeness (QED) is 0.0273. The van der Waals surface area contributed by atoms with Crippen molar-refractivity contribution in [2.45, 2.75) is 89.9 Å². The Kier molecular flexibility index (Phi) is 14.7. The predicted octanol–water partition coefficient (Wildman–Crippen LogP) is 9.40. The van der Waals surface area contributed by atoms with Gasteiger partial charge in [-0.3, -0.25) is 28.9 Å². The Morgan fingerprint density at radius 2 is 1.46 bits per heavy atom. The van der Waals surface area contributed by atoms with E-state index in [2.05, 4.69) is 80.9 Å². The first-order valence-corrected chi connectivity index (χ1v) is 24.4. The first-order chi connectivity index (χ1) is 31.4. The molecule has 0 unspecified atom stereocenters. The normalized spacial score (nSPS) is 13.8. The molecule has 5 aromatic carbocycles. The highest BCUT2D eigenvalue weighted by Gasteiger charge is 2.36. The van der Waals surface area contributed by atoms with E-state index in [0.717, 1.165) is 43.7 Å². The zero-order valence-corrected chi connectivity index (χ0v) is 39.8. The van der Waals surface area contributed by atoms with E-state index in [1.54, 1.807) is 24.3 Å². The number of phenols is 1. The van der Waals surface area contributed by atoms with Crippen LogP contribution < -0.4 is 25.5 Å². The fourth-order valence-electron chi connectivity index (χ4n) is 7.32. The third-order valence-corrected chi connectivity index (χ3v) is 13.7. The van der Waals surface area contributed by atoms with Gasteiger partial charge in [0.15, 0.2) is 5.71 Å². The number of amides is 2. The maximum atomic E-state index is 13.7. The number of hydrazone groups is 1. The van der Waals surface area contributed by atoms with Gasteiger partial charge in [-0.2, -0.15) is 21.9 Å². The minimum Gasteiger partial charge on any atom is -0.506 e. The third-order valence-electron chi connectivity index (χ3n) is 12.0. The summed E-state index contributed by atoms with van der Waals surface area (Å²) in [4.78, 5) is 37.5. The summed E-state index contributed by atoms with van der Waals surface area (Å²) in [6.45, 7) is 15.2. The van der Waals surface area contributed by atoms with E-state index in [1.807, 2.05) is 0 Å². The standard InChI is InChI=1S/C49H54N4O12S2/c1-8-48(4,5)31-16-21-40(38(26-31)49(6,7)9-2)64-23-13-12-22-50-47(57)37-28-41(35-14-10-11-15-36(35)45(37)55)65-33-19-17-32(18-20-33)52-53-44-42(67(61,62)63)25-30-24-34(66(58,59)60)27-39(51-29(3)54)43(30)46(44)56/h10-11,14-21,24-28,52,55H,8-9,12-13,22-23H2,1-7H3,(H,50,57)(H,51,54)(H,58,59,60)(H,61,62,63)/b53-44+. The zero-order chi connectivity index (χ0) is 49.1. The molecule has 0 aromatic heterocycles. The number of carbonyl (C=O) groups is 3. The van der Waals surface area contributed by atoms with Crippen molar-refractivity contribution in [1.29, 1.82) is 0 Å². The van der Waals surface area contributed by atoms with Gasteiger partial charge in [0.2, 0.25) is 11.7 Å². The van der Waals surface area contributed by atoms with Crippen molar-refractivity contribution in [3.63, 3.8) is 0 Å². The first-order valence-electron chi connectivity index (χ1n) is 21.5. The van der Waals surface area contributed by atoms with Crippen LogP contribution in [-0.2, 0) is 35.9 Å². The van der Waals surface area contributed by atoms with E-state index in [1.165, 1.54) is 41.5 Å². The van der Waals surface area contributed by atoms with Gasteiger partial charge in [0.1, 0.15) is 27.9 Å². The van der Waals surface area contributed by atoms with Gasteiger partial charge in [-0.05, 0) is 102 Å². The average Bonchev–Trinajstić information content (AvgIpc) is 3.27. The van der Waals surface area contributed by atoms with E-state index in [0.29, 0.717) is 36.8 Å². The van der Waals surface area contributed by atoms with Crippen LogP contribution in [0.4, 0.5) is 11.4 Å². The van der Waals surface area contributed by atoms with E-state index < -0.39 is 53.3 Å². The highest BCUT2D eigenvalue weighted by atomic mass is 32.2. The van der Waals surface area contributed by atoms with Gasteiger partial charge in [0.05, 0.1) is 34.0 Å². The number of allylic oxidation sites excluding steroid dienone is 1. The highest BCUT2D eigenvalue weighted by Crippen LogP contribution is 2.40. The molecule has 0 bridgehead atoms. The van der Waals surface area contributed by atoms with Gasteiger partial charge in [0, 0.05) is 29.8 Å². The van der Waals surface area contributed by atoms with Crippen molar-refractivity contribution in [2.75, 3.05) is 23.9 Å². The number of nitrogens with one attached hydrogen (secondary N) is 3. The lowest BCUT2D eigenvalue weighted by Crippen LogP contribution is -2.28. The van der Waals surface area contributed by atoms with E-state index in [-0.39, 0.29) is 56.1 Å². The Balaban J connectivity index is 1.15. The topological polar surface area (TPSA) is 247 Å². The van der Waals surface area contributed by atoms with Gasteiger partial charge in [-0.1, -0.05) is 77.9 Å². The molecule has 0 atom stereocenters. The SMILES string of the molecule is CCC(C)(C)c1ccc(OCCCCNC(=O)c2cc(Oc3ccc(N/N=C4/C(=O)c5c(cc(S(=O)(=O)O)cc5NC(C)=O)C=C4S(=O)(=O)O)cc3)c3ccccc3c2O)c(C(C)(C)CC)c1. The van der Waals surface area contributed by atoms with E-state index in [9.17, 15) is 45.4 Å². The van der Waals surface area contributed by atoms with Gasteiger partial charge in [0.25, 0.3) is 26.1 Å². The number of phenolic OH excluding ortho intramolecular Hbond substituents is 1. The summed E-state index contributed by atoms with van der Waals surface area (Å²) < 4.78 is 81.0. The second-order valence-corrected chi connectivity index (χ2v) is 20.2. The molecule has 0 radical (unpaired) electrons. The summed E-state index contributed by atoms with van der Waals surface area (Å²) in [6.07, 6.45) is 4.04. The molecule has 0 saturated heterocycles. The molecule has 6 N–H and O–H groups in total. The molecule has 67 heavy (non-hydrogen) atoms. The number of ether oxygens (including phenoxy) is 2. The lowest BCUT2D eigenvalue weighted by atomic mass is 9.76. The monoisotopic (exact) mass is 954 g/mol. The number of hydrogen-bond acceptors (Lipinski definition) is 12. The Hall–Kier alpha value is -6.60. The van der Waals surface area contributed by atoms with Crippen molar-refractivity contribution in [3.8, 4) is 23.0 Å². The Bertz CT molecular complexity index is 3050. The minimum absolute atomic E-state index is 0.00196. The van der Waals surface area contributed by atoms with Crippen LogP contribution in [0.15, 0.2) is 99.8 Å². The molecule has 18 heteroatoms. The number of rotatable bonds is 18. The molecule has 1 aliphatic rings. The summed E-state index contributed by atoms with van der Waals surface area (Å²) in [6, 6.07) is 22.4. The van der Waals surface area contributed by atoms with Crippen LogP contribution in [0.3, 0.4) is 0 Å². The Morgan fingerprint density at radius 1 is 0.791 bits per heavy atom. The lowest BCUT2D eigenvalue weighted by Gasteiger charge is -2.30. The molecule has 0 heterocycles. The van der Waals surface area contributed by atoms with Gasteiger partial charge in [-0.15, -0.1) is 0 Å². The van der Waals surface area contributed by atoms with Crippen LogP contribution in [0, 0.1) is 0 Å². The Morgan fingerprint density at radius 3 is 2.09 bits per heavy atom. The van der Waals surface area contributed by atoms with Crippen LogP contribution in [0.25, 0.3) is 16.8 Å². The van der Waals surface area contributed by atoms with Crippen LogP contribution in [0.5, 0.6) is 23.0 Å². The van der Waals surface area contributed by atoms with Crippen molar-refractivity contribution >= 4 is 71.8 Å². The summed E-state index contributed by atoms with van der Waals surface area (Å²) in [7, 11) is -10.0. The summed E-state index contributed by atoms with van der Waals surface area (Å²) in [5.41, 5.74) is 3.36. The predicted molar refractivity (Wildman–Crippen MR) is 258 cm³/mol. The number of carbonyl (C=O) groups excluding carboxylic acids is 3. The second-order valence-electron chi connectivity index (χ2n) is 17.4. The number of nitrogens with zero attached hydrogens (tertiary/aromatic N) is 1. The van der Waals surface area contributed by atoms with Crippen LogP contribution in [0.1, 0.15) is 112 Å². The molecule has 0 aliphatic heterocycles. The second kappa shape index (κ2) is 19.7. The number of hydrogen-bond donors (Lipinski definition) is 6. The maximum absolute atomic E-state index is 13.7. The highest BCUT2D eigenvalue weighted by molar-refractivity contribution is 7.91. The number of benzene rings is 5. The van der Waals surface area contributed by atoms with Gasteiger partial charge < -0.3 is 25.2 Å². The smallest absolute Gasteiger partial charge is 0.296 e. The maximum Gasteiger partial charge on any atom is 0.296 e. The van der Waals surface area contributed by atoms with Gasteiger partial charge in [-0.25, -0.2) is 0 Å². The molecule has 5 aromatic rings. The summed E-state index contributed by atoms with van der Waals surface area (Å²) >= 11 is 0. The lowest BCUT2D eigenvalue weighted by molar-refractivity contribution is -0.114. The molecule has 1 aliphatic carbocycles. The van der Waals surface area contributed by atoms with Crippen LogP contribution >= 0.6 is 0 Å². The fraction of sp³-hybridized carbons (Fsp3) is 0.306. The molecular weight excluding hydrogens is 901 g/mol. The molecule has 16 nitrogen and oxygen atoms in total. The third kappa shape index (κ3) is 11.3. The number of Topliss-reactive ketones (excluding diaryl/α,β-unsaturated/α-hetero) is 1. The Labute approximate surface area is 390 Å². The van der Waals surface area contributed by atoms with Crippen LogP contribution in [0.2, 0.25) is 0 Å². The molecular formula is C49H54N4O12S2. The van der Waals surface area contributed by atoms with Crippen molar-refractivity contribution in [3.05, 3.63) is 118 Å². The van der Waals surface area contributed by atoms with E-state index >= 15 is 0 Å². The zero-order valence-electron chi connectivity index (χ0n) is 38.2. The molecule has 0 spiro atoms. The minimum atomic E-state index is -5.14. The number of unbranched alkanes of at least 4 members (excludes halogenated alkanes) is 1. The molecule has 2 amide bonds. The van der Waals surface area contributed by atoms with Gasteiger partial charge >= 0.3 is 0 Å². The molecule has 6 rings (SSSR count). The number of anilines is 2. The number of fused-ring (bicyclic) bond motifs is 2. The summed E-state index contributed by atoms with van der Waals surface area (Å²) in [5, 5.41) is 21.3. The van der Waals surface area contributed by atoms with Crippen molar-refractivity contribution in [1.82, 2.24) is 5.32 Å². The number of aromatic hydroxyl groups is 1. The van der Waals surface area contributed by atoms with Crippen LogP contribution in [-0.4, -0.2) is 67.5 Å². The average molecular weight is 955 g/mol.